The zero-order valence-electron chi connectivity index (χ0n) is 13.6. The van der Waals surface area contributed by atoms with Gasteiger partial charge in [-0.05, 0) is 37.0 Å². The van der Waals surface area contributed by atoms with E-state index in [1.54, 1.807) is 11.3 Å². The quantitative estimate of drug-likeness (QED) is 0.627. The molecule has 3 rings (SSSR count). The zero-order chi connectivity index (χ0) is 17.1. The molecule has 24 heavy (non-hydrogen) atoms. The molecule has 0 amide bonds. The number of aryl methyl sites for hydroxylation is 1. The molecule has 0 aliphatic rings. The van der Waals surface area contributed by atoms with Crippen LogP contribution in [0.3, 0.4) is 0 Å². The topological polar surface area (TPSA) is 29.3 Å². The fourth-order valence-electron chi connectivity index (χ4n) is 2.48. The molecule has 0 aliphatic carbocycles. The molecule has 3 nitrogen and oxygen atoms in total. The van der Waals surface area contributed by atoms with E-state index in [0.29, 0.717) is 19.0 Å². The Morgan fingerprint density at radius 1 is 1.12 bits per heavy atom. The van der Waals surface area contributed by atoms with E-state index in [1.807, 2.05) is 36.3 Å². The molecule has 2 heterocycles. The van der Waals surface area contributed by atoms with Crippen LogP contribution in [0.2, 0.25) is 0 Å². The van der Waals surface area contributed by atoms with Gasteiger partial charge in [-0.15, -0.1) is 11.3 Å². The number of nitrogens with zero attached hydrogens (tertiary/aromatic N) is 2. The monoisotopic (exact) mass is 348 g/mol. The second-order valence-corrected chi connectivity index (χ2v) is 6.45. The third-order valence-electron chi connectivity index (χ3n) is 3.89. The molecule has 1 aromatic carbocycles. The van der Waals surface area contributed by atoms with Crippen LogP contribution in [0.25, 0.3) is 10.8 Å². The highest BCUT2D eigenvalue weighted by Crippen LogP contribution is 2.26. The molecular weight excluding hydrogens is 330 g/mol. The summed E-state index contributed by atoms with van der Waals surface area (Å²) in [5.74, 6) is 0.269. The molecule has 126 valence electrons. The van der Waals surface area contributed by atoms with Gasteiger partial charge in [-0.2, -0.15) is 0 Å². The van der Waals surface area contributed by atoms with Crippen LogP contribution in [0, 0.1) is 18.6 Å². The van der Waals surface area contributed by atoms with Crippen molar-refractivity contribution in [1.82, 2.24) is 9.88 Å². The molecule has 0 radical (unpaired) electrons. The van der Waals surface area contributed by atoms with E-state index in [4.69, 9.17) is 4.42 Å². The summed E-state index contributed by atoms with van der Waals surface area (Å²) in [6.07, 6.45) is 0. The van der Waals surface area contributed by atoms with Crippen LogP contribution in [-0.4, -0.2) is 16.4 Å². The molecule has 0 saturated heterocycles. The Morgan fingerprint density at radius 3 is 2.50 bits per heavy atom. The second kappa shape index (κ2) is 7.23. The second-order valence-electron chi connectivity index (χ2n) is 5.50. The average Bonchev–Trinajstić information content (AvgIpc) is 3.20. The number of aromatic nitrogens is 1. The minimum Gasteiger partial charge on any atom is -0.440 e. The molecular formula is C18H18F2N2OS. The molecule has 0 unspecified atom stereocenters. The van der Waals surface area contributed by atoms with Gasteiger partial charge in [0, 0.05) is 18.7 Å². The normalized spacial score (nSPS) is 11.4. The predicted octanol–water partition coefficient (Wildman–Crippen LogP) is 5.01. The Kier molecular flexibility index (Phi) is 5.06. The van der Waals surface area contributed by atoms with Crippen molar-refractivity contribution in [2.75, 3.05) is 6.54 Å². The van der Waals surface area contributed by atoms with E-state index in [2.05, 4.69) is 4.98 Å². The van der Waals surface area contributed by atoms with Crippen LogP contribution in [0.4, 0.5) is 8.78 Å². The largest absolute Gasteiger partial charge is 0.440 e. The fourth-order valence-corrected chi connectivity index (χ4v) is 3.13. The first-order valence-electron chi connectivity index (χ1n) is 7.74. The number of oxazole rings is 1. The van der Waals surface area contributed by atoms with Gasteiger partial charge >= 0.3 is 0 Å². The molecule has 0 saturated carbocycles. The van der Waals surface area contributed by atoms with Gasteiger partial charge in [0.15, 0.2) is 0 Å². The van der Waals surface area contributed by atoms with Gasteiger partial charge in [0.25, 0.3) is 0 Å². The van der Waals surface area contributed by atoms with Gasteiger partial charge in [-0.1, -0.05) is 19.1 Å². The highest BCUT2D eigenvalue weighted by atomic mass is 32.1. The maximum Gasteiger partial charge on any atom is 0.236 e. The minimum atomic E-state index is -0.524. The molecule has 0 bridgehead atoms. The maximum absolute atomic E-state index is 13.9. The fraction of sp³-hybridized carbons (Fsp3) is 0.278. The summed E-state index contributed by atoms with van der Waals surface area (Å²) in [5, 5.41) is 1.97. The summed E-state index contributed by atoms with van der Waals surface area (Å²) < 4.78 is 33.4. The molecule has 0 aliphatic heterocycles. The zero-order valence-corrected chi connectivity index (χ0v) is 14.4. The van der Waals surface area contributed by atoms with E-state index in [1.165, 1.54) is 18.2 Å². The number of hydrogen-bond acceptors (Lipinski definition) is 4. The van der Waals surface area contributed by atoms with Crippen LogP contribution in [0.5, 0.6) is 0 Å². The van der Waals surface area contributed by atoms with Gasteiger partial charge in [0.1, 0.15) is 17.4 Å². The Labute approximate surface area is 143 Å². The summed E-state index contributed by atoms with van der Waals surface area (Å²) in [7, 11) is 0. The molecule has 0 fully saturated rings. The van der Waals surface area contributed by atoms with E-state index in [0.717, 1.165) is 16.3 Å². The highest BCUT2D eigenvalue weighted by molar-refractivity contribution is 7.13. The molecule has 0 spiro atoms. The Hall–Kier alpha value is -2.05. The summed E-state index contributed by atoms with van der Waals surface area (Å²) in [4.78, 5) is 7.44. The van der Waals surface area contributed by atoms with Crippen LogP contribution in [0.15, 0.2) is 40.1 Å². The van der Waals surface area contributed by atoms with Crippen LogP contribution in [-0.2, 0) is 13.1 Å². The van der Waals surface area contributed by atoms with Gasteiger partial charge in [0.2, 0.25) is 5.89 Å². The summed E-state index contributed by atoms with van der Waals surface area (Å²) in [6.45, 7) is 5.13. The standard InChI is InChI=1S/C18H18F2N2OS/c1-3-22(10-13-14(19)6-4-7-15(13)20)11-16-12(2)23-18(21-16)17-8-5-9-24-17/h4-9H,3,10-11H2,1-2H3. The summed E-state index contributed by atoms with van der Waals surface area (Å²) >= 11 is 1.56. The summed E-state index contributed by atoms with van der Waals surface area (Å²) in [5.41, 5.74) is 0.871. The third-order valence-corrected chi connectivity index (χ3v) is 4.75. The van der Waals surface area contributed by atoms with E-state index >= 15 is 0 Å². The Morgan fingerprint density at radius 2 is 1.88 bits per heavy atom. The lowest BCUT2D eigenvalue weighted by Crippen LogP contribution is -2.24. The molecule has 0 N–H and O–H groups in total. The summed E-state index contributed by atoms with van der Waals surface area (Å²) in [6, 6.07) is 7.83. The van der Waals surface area contributed by atoms with Gasteiger partial charge in [-0.25, -0.2) is 13.8 Å². The molecule has 0 atom stereocenters. The number of halogens is 2. The first-order valence-corrected chi connectivity index (χ1v) is 8.62. The first-order chi connectivity index (χ1) is 11.6. The molecule has 2 aromatic heterocycles. The average molecular weight is 348 g/mol. The lowest BCUT2D eigenvalue weighted by atomic mass is 10.1. The van der Waals surface area contributed by atoms with Crippen molar-refractivity contribution in [1.29, 1.82) is 0 Å². The van der Waals surface area contributed by atoms with E-state index in [9.17, 15) is 8.78 Å². The van der Waals surface area contributed by atoms with Crippen molar-refractivity contribution >= 4 is 11.3 Å². The SMILES string of the molecule is CCN(Cc1nc(-c2cccs2)oc1C)Cc1c(F)cccc1F. The maximum atomic E-state index is 13.9. The number of rotatable bonds is 6. The number of thiophene rings is 1. The van der Waals surface area contributed by atoms with Gasteiger partial charge in [0.05, 0.1) is 10.6 Å². The van der Waals surface area contributed by atoms with Crippen molar-refractivity contribution in [2.24, 2.45) is 0 Å². The Balaban J connectivity index is 1.79. The Bertz CT molecular complexity index is 794. The van der Waals surface area contributed by atoms with Crippen molar-refractivity contribution in [3.8, 4) is 10.8 Å². The van der Waals surface area contributed by atoms with Crippen molar-refractivity contribution < 1.29 is 13.2 Å². The lowest BCUT2D eigenvalue weighted by molar-refractivity contribution is 0.258. The number of benzene rings is 1. The first kappa shape index (κ1) is 16.8. The third kappa shape index (κ3) is 3.55. The van der Waals surface area contributed by atoms with Gasteiger partial charge in [-0.3, -0.25) is 4.90 Å². The van der Waals surface area contributed by atoms with Crippen LogP contribution in [0.1, 0.15) is 23.9 Å². The van der Waals surface area contributed by atoms with Crippen molar-refractivity contribution in [3.63, 3.8) is 0 Å². The van der Waals surface area contributed by atoms with Crippen LogP contribution < -0.4 is 0 Å². The smallest absolute Gasteiger partial charge is 0.236 e. The van der Waals surface area contributed by atoms with Crippen molar-refractivity contribution in [2.45, 2.75) is 26.9 Å². The minimum absolute atomic E-state index is 0.0824. The van der Waals surface area contributed by atoms with E-state index < -0.39 is 11.6 Å². The van der Waals surface area contributed by atoms with Crippen molar-refractivity contribution in [3.05, 3.63) is 64.4 Å². The molecule has 6 heteroatoms. The highest BCUT2D eigenvalue weighted by Gasteiger charge is 2.17. The van der Waals surface area contributed by atoms with Crippen LogP contribution >= 0.6 is 11.3 Å². The molecule has 3 aromatic rings. The van der Waals surface area contributed by atoms with Gasteiger partial charge < -0.3 is 4.42 Å². The predicted molar refractivity (Wildman–Crippen MR) is 90.7 cm³/mol. The number of hydrogen-bond donors (Lipinski definition) is 0. The van der Waals surface area contributed by atoms with E-state index in [-0.39, 0.29) is 12.1 Å². The lowest BCUT2D eigenvalue weighted by Gasteiger charge is -2.20.